The number of rotatable bonds is 4. The molecule has 3 nitrogen and oxygen atoms in total. The minimum atomic E-state index is 0.0287. The summed E-state index contributed by atoms with van der Waals surface area (Å²) in [6, 6.07) is 14.2. The molecule has 0 spiro atoms. The fourth-order valence-corrected chi connectivity index (χ4v) is 2.46. The van der Waals surface area contributed by atoms with Gasteiger partial charge in [0.15, 0.2) is 0 Å². The fraction of sp³-hybridized carbons (Fsp3) is 0.250. The molecule has 0 aliphatic heterocycles. The Bertz CT molecular complexity index is 543. The molecule has 0 aromatic heterocycles. The largest absolute Gasteiger partial charge is 0.398 e. The van der Waals surface area contributed by atoms with Gasteiger partial charge in [-0.15, -0.1) is 0 Å². The molecule has 2 rings (SSSR count). The lowest BCUT2D eigenvalue weighted by molar-refractivity contribution is 0.551. The normalized spacial score (nSPS) is 12.4. The molecular weight excluding hydrogens is 234 g/mol. The number of para-hydroxylation sites is 1. The van der Waals surface area contributed by atoms with E-state index in [1.165, 1.54) is 16.7 Å². The van der Waals surface area contributed by atoms with Crippen molar-refractivity contribution in [2.45, 2.75) is 26.3 Å². The van der Waals surface area contributed by atoms with Gasteiger partial charge in [0.2, 0.25) is 0 Å². The van der Waals surface area contributed by atoms with Crippen molar-refractivity contribution in [3.8, 4) is 0 Å². The van der Waals surface area contributed by atoms with Crippen LogP contribution in [0, 0.1) is 13.8 Å². The van der Waals surface area contributed by atoms with E-state index < -0.39 is 0 Å². The molecule has 0 radical (unpaired) electrons. The SMILES string of the molecule is Cc1cccc(C)c1CC(NN)c1ccccc1N. The van der Waals surface area contributed by atoms with E-state index in [1.54, 1.807) is 0 Å². The predicted octanol–water partition coefficient (Wildman–Crippen LogP) is 2.63. The summed E-state index contributed by atoms with van der Waals surface area (Å²) in [6.07, 6.45) is 0.837. The predicted molar refractivity (Wildman–Crippen MR) is 80.5 cm³/mol. The Labute approximate surface area is 114 Å². The first-order valence-electron chi connectivity index (χ1n) is 6.49. The van der Waals surface area contributed by atoms with Crippen molar-refractivity contribution in [3.63, 3.8) is 0 Å². The van der Waals surface area contributed by atoms with Crippen LogP contribution < -0.4 is 17.0 Å². The number of nitrogen functional groups attached to an aromatic ring is 1. The molecule has 19 heavy (non-hydrogen) atoms. The minimum Gasteiger partial charge on any atom is -0.398 e. The van der Waals surface area contributed by atoms with Gasteiger partial charge >= 0.3 is 0 Å². The van der Waals surface area contributed by atoms with Crippen LogP contribution in [0.2, 0.25) is 0 Å². The van der Waals surface area contributed by atoms with Crippen LogP contribution in [0.4, 0.5) is 5.69 Å². The highest BCUT2D eigenvalue weighted by molar-refractivity contribution is 5.49. The first-order valence-corrected chi connectivity index (χ1v) is 6.49. The highest BCUT2D eigenvalue weighted by Gasteiger charge is 2.15. The molecule has 2 aromatic rings. The number of hydrogen-bond donors (Lipinski definition) is 3. The summed E-state index contributed by atoms with van der Waals surface area (Å²) >= 11 is 0. The molecule has 3 heteroatoms. The molecule has 0 aliphatic carbocycles. The molecule has 0 saturated heterocycles. The first-order chi connectivity index (χ1) is 9.13. The van der Waals surface area contributed by atoms with E-state index in [0.717, 1.165) is 17.7 Å². The molecule has 0 bridgehead atoms. The Hall–Kier alpha value is -1.84. The number of hydrogen-bond acceptors (Lipinski definition) is 3. The zero-order chi connectivity index (χ0) is 13.8. The van der Waals surface area contributed by atoms with E-state index in [4.69, 9.17) is 11.6 Å². The highest BCUT2D eigenvalue weighted by atomic mass is 15.2. The van der Waals surface area contributed by atoms with Crippen LogP contribution in [-0.2, 0) is 6.42 Å². The summed E-state index contributed by atoms with van der Waals surface area (Å²) in [5.41, 5.74) is 14.6. The third-order valence-corrected chi connectivity index (χ3v) is 3.63. The molecule has 0 aliphatic rings. The Morgan fingerprint density at radius 2 is 1.63 bits per heavy atom. The summed E-state index contributed by atoms with van der Waals surface area (Å²) < 4.78 is 0. The van der Waals surface area contributed by atoms with E-state index >= 15 is 0 Å². The number of anilines is 1. The van der Waals surface area contributed by atoms with Gasteiger partial charge in [-0.3, -0.25) is 11.3 Å². The van der Waals surface area contributed by atoms with Gasteiger partial charge < -0.3 is 5.73 Å². The second-order valence-corrected chi connectivity index (χ2v) is 4.92. The number of nitrogens with one attached hydrogen (secondary N) is 1. The second-order valence-electron chi connectivity index (χ2n) is 4.92. The topological polar surface area (TPSA) is 64.1 Å². The van der Waals surface area contributed by atoms with E-state index in [-0.39, 0.29) is 6.04 Å². The number of benzene rings is 2. The van der Waals surface area contributed by atoms with Crippen molar-refractivity contribution in [1.29, 1.82) is 0 Å². The number of nitrogens with two attached hydrogens (primary N) is 2. The van der Waals surface area contributed by atoms with Gasteiger partial charge in [-0.25, -0.2) is 0 Å². The molecule has 2 aromatic carbocycles. The number of hydrazine groups is 1. The molecule has 5 N–H and O–H groups in total. The maximum absolute atomic E-state index is 6.03. The fourth-order valence-electron chi connectivity index (χ4n) is 2.46. The quantitative estimate of drug-likeness (QED) is 0.447. The smallest absolute Gasteiger partial charge is 0.0520 e. The summed E-state index contributed by atoms with van der Waals surface area (Å²) in [5, 5.41) is 0. The maximum Gasteiger partial charge on any atom is 0.0520 e. The van der Waals surface area contributed by atoms with E-state index in [9.17, 15) is 0 Å². The monoisotopic (exact) mass is 255 g/mol. The second kappa shape index (κ2) is 5.87. The molecule has 1 unspecified atom stereocenters. The maximum atomic E-state index is 6.03. The molecular formula is C16H21N3. The summed E-state index contributed by atoms with van der Waals surface area (Å²) in [7, 11) is 0. The lowest BCUT2D eigenvalue weighted by Gasteiger charge is -2.20. The molecule has 0 heterocycles. The standard InChI is InChI=1S/C16H21N3/c1-11-6-5-7-12(2)14(11)10-16(19-18)13-8-3-4-9-15(13)17/h3-9,16,19H,10,17-18H2,1-2H3. The summed E-state index contributed by atoms with van der Waals surface area (Å²) in [6.45, 7) is 4.26. The van der Waals surface area contributed by atoms with Crippen LogP contribution in [0.3, 0.4) is 0 Å². The van der Waals surface area contributed by atoms with Gasteiger partial charge in [-0.05, 0) is 48.6 Å². The van der Waals surface area contributed by atoms with Crippen LogP contribution in [0.1, 0.15) is 28.3 Å². The Kier molecular flexibility index (Phi) is 4.20. The Morgan fingerprint density at radius 3 is 2.21 bits per heavy atom. The number of aryl methyl sites for hydroxylation is 2. The lowest BCUT2D eigenvalue weighted by Crippen LogP contribution is -2.30. The van der Waals surface area contributed by atoms with E-state index in [2.05, 4.69) is 37.5 Å². The zero-order valence-electron chi connectivity index (χ0n) is 11.5. The molecule has 100 valence electrons. The summed E-state index contributed by atoms with van der Waals surface area (Å²) in [5.74, 6) is 5.72. The van der Waals surface area contributed by atoms with Gasteiger partial charge in [0.25, 0.3) is 0 Å². The average Bonchev–Trinajstić information content (AvgIpc) is 2.40. The zero-order valence-corrected chi connectivity index (χ0v) is 11.5. The van der Waals surface area contributed by atoms with Crippen LogP contribution in [-0.4, -0.2) is 0 Å². The highest BCUT2D eigenvalue weighted by Crippen LogP contribution is 2.25. The van der Waals surface area contributed by atoms with Crippen molar-refractivity contribution in [2.24, 2.45) is 5.84 Å². The summed E-state index contributed by atoms with van der Waals surface area (Å²) in [4.78, 5) is 0. The van der Waals surface area contributed by atoms with Gasteiger partial charge in [-0.2, -0.15) is 0 Å². The van der Waals surface area contributed by atoms with Crippen LogP contribution in [0.15, 0.2) is 42.5 Å². The van der Waals surface area contributed by atoms with Gasteiger partial charge in [0.05, 0.1) is 6.04 Å². The minimum absolute atomic E-state index is 0.0287. The van der Waals surface area contributed by atoms with Crippen molar-refractivity contribution < 1.29 is 0 Å². The van der Waals surface area contributed by atoms with Gasteiger partial charge in [-0.1, -0.05) is 36.4 Å². The molecule has 1 atom stereocenters. The average molecular weight is 255 g/mol. The van der Waals surface area contributed by atoms with Crippen molar-refractivity contribution >= 4 is 5.69 Å². The van der Waals surface area contributed by atoms with Gasteiger partial charge in [0, 0.05) is 5.69 Å². The van der Waals surface area contributed by atoms with Crippen LogP contribution in [0.25, 0.3) is 0 Å². The van der Waals surface area contributed by atoms with Crippen molar-refractivity contribution in [3.05, 3.63) is 64.7 Å². The van der Waals surface area contributed by atoms with Gasteiger partial charge in [0.1, 0.15) is 0 Å². The molecule has 0 fully saturated rings. The molecule has 0 amide bonds. The van der Waals surface area contributed by atoms with Crippen molar-refractivity contribution in [1.82, 2.24) is 5.43 Å². The molecule has 0 saturated carbocycles. The Morgan fingerprint density at radius 1 is 1.00 bits per heavy atom. The lowest BCUT2D eigenvalue weighted by atomic mass is 9.92. The van der Waals surface area contributed by atoms with E-state index in [0.29, 0.717) is 0 Å². The third kappa shape index (κ3) is 2.95. The Balaban J connectivity index is 2.32. The van der Waals surface area contributed by atoms with Crippen LogP contribution in [0.5, 0.6) is 0 Å². The first kappa shape index (κ1) is 13.6. The van der Waals surface area contributed by atoms with Crippen LogP contribution >= 0.6 is 0 Å². The van der Waals surface area contributed by atoms with Crippen molar-refractivity contribution in [2.75, 3.05) is 5.73 Å². The third-order valence-electron chi connectivity index (χ3n) is 3.63. The van der Waals surface area contributed by atoms with E-state index in [1.807, 2.05) is 24.3 Å².